The molecule has 31 heavy (non-hydrogen) atoms. The summed E-state index contributed by atoms with van der Waals surface area (Å²) >= 11 is 0. The van der Waals surface area contributed by atoms with Crippen molar-refractivity contribution < 1.29 is 22.0 Å². The lowest BCUT2D eigenvalue weighted by Gasteiger charge is -2.27. The predicted molar refractivity (Wildman–Crippen MR) is 115 cm³/mol. The van der Waals surface area contributed by atoms with E-state index in [1.807, 2.05) is 0 Å². The van der Waals surface area contributed by atoms with Crippen molar-refractivity contribution in [1.82, 2.24) is 9.21 Å². The van der Waals surface area contributed by atoms with Crippen molar-refractivity contribution >= 4 is 15.9 Å². The Labute approximate surface area is 182 Å². The van der Waals surface area contributed by atoms with Crippen molar-refractivity contribution in [2.75, 3.05) is 13.1 Å². The zero-order valence-corrected chi connectivity index (χ0v) is 18.3. The fourth-order valence-electron chi connectivity index (χ4n) is 3.82. The number of hydrogen-bond acceptors (Lipinski definition) is 5. The van der Waals surface area contributed by atoms with Crippen molar-refractivity contribution in [3.8, 4) is 0 Å². The molecule has 0 bridgehead atoms. The lowest BCUT2D eigenvalue weighted by molar-refractivity contribution is 0.0704. The number of hydrogen-bond donors (Lipinski definition) is 0. The van der Waals surface area contributed by atoms with Crippen LogP contribution >= 0.6 is 0 Å². The molecule has 1 aliphatic rings. The van der Waals surface area contributed by atoms with E-state index >= 15 is 0 Å². The average molecular weight is 443 g/mol. The topological polar surface area (TPSA) is 84.0 Å². The van der Waals surface area contributed by atoms with Gasteiger partial charge in [-0.1, -0.05) is 12.5 Å². The minimum atomic E-state index is -3.65. The Kier molecular flexibility index (Phi) is 6.29. The first-order valence-corrected chi connectivity index (χ1v) is 11.8. The van der Waals surface area contributed by atoms with Gasteiger partial charge in [-0.2, -0.15) is 4.31 Å². The molecular weight excluding hydrogens is 416 g/mol. The SMILES string of the molecule is Cc1ccc(C(=O)N(Cc2ccco2)Cc2ccco2)cc1S(=O)(=O)N1CCCCC1. The molecule has 2 aromatic heterocycles. The minimum Gasteiger partial charge on any atom is -0.467 e. The first kappa shape index (κ1) is 21.4. The molecule has 1 saturated heterocycles. The maximum atomic E-state index is 13.4. The van der Waals surface area contributed by atoms with E-state index in [-0.39, 0.29) is 23.9 Å². The number of sulfonamides is 1. The highest BCUT2D eigenvalue weighted by atomic mass is 32.2. The Morgan fingerprint density at radius 3 is 2.13 bits per heavy atom. The first-order chi connectivity index (χ1) is 14.9. The van der Waals surface area contributed by atoms with Crippen LogP contribution in [0.1, 0.15) is 46.7 Å². The van der Waals surface area contributed by atoms with E-state index < -0.39 is 10.0 Å². The van der Waals surface area contributed by atoms with Gasteiger partial charge in [0.25, 0.3) is 5.91 Å². The van der Waals surface area contributed by atoms with E-state index in [4.69, 9.17) is 8.83 Å². The second kappa shape index (κ2) is 9.11. The standard InChI is InChI=1S/C23H26N2O5S/c1-18-9-10-19(15-22(18)31(27,28)25-11-3-2-4-12-25)23(26)24(16-20-7-5-13-29-20)17-21-8-6-14-30-21/h5-10,13-15H,2-4,11-12,16-17H2,1H3. The van der Waals surface area contributed by atoms with Gasteiger partial charge in [0.1, 0.15) is 11.5 Å². The summed E-state index contributed by atoms with van der Waals surface area (Å²) in [7, 11) is -3.65. The highest BCUT2D eigenvalue weighted by Crippen LogP contribution is 2.25. The maximum absolute atomic E-state index is 13.4. The molecule has 164 valence electrons. The van der Waals surface area contributed by atoms with Gasteiger partial charge in [-0.25, -0.2) is 8.42 Å². The summed E-state index contributed by atoms with van der Waals surface area (Å²) in [5.74, 6) is 0.976. The lowest BCUT2D eigenvalue weighted by atomic mass is 10.1. The molecule has 1 fully saturated rings. The molecule has 3 heterocycles. The maximum Gasteiger partial charge on any atom is 0.254 e. The highest BCUT2D eigenvalue weighted by Gasteiger charge is 2.29. The van der Waals surface area contributed by atoms with Crippen LogP contribution in [-0.2, 0) is 23.1 Å². The normalized spacial score (nSPS) is 15.1. The largest absolute Gasteiger partial charge is 0.467 e. The van der Waals surface area contributed by atoms with Crippen LogP contribution in [0.4, 0.5) is 0 Å². The van der Waals surface area contributed by atoms with Crippen molar-refractivity contribution in [1.29, 1.82) is 0 Å². The molecule has 0 aliphatic carbocycles. The van der Waals surface area contributed by atoms with Gasteiger partial charge in [-0.3, -0.25) is 4.79 Å². The van der Waals surface area contributed by atoms with Gasteiger partial charge in [0.05, 0.1) is 30.5 Å². The lowest BCUT2D eigenvalue weighted by Crippen LogP contribution is -2.36. The molecule has 1 aromatic carbocycles. The van der Waals surface area contributed by atoms with E-state index in [1.54, 1.807) is 60.7 Å². The predicted octanol–water partition coefficient (Wildman–Crippen LogP) is 4.20. The summed E-state index contributed by atoms with van der Waals surface area (Å²) in [6.45, 7) is 3.28. The van der Waals surface area contributed by atoms with Gasteiger partial charge >= 0.3 is 0 Å². The van der Waals surface area contributed by atoms with Gasteiger partial charge in [0, 0.05) is 18.7 Å². The number of amides is 1. The van der Waals surface area contributed by atoms with Crippen LogP contribution < -0.4 is 0 Å². The molecule has 4 rings (SSSR count). The van der Waals surface area contributed by atoms with Crippen molar-refractivity contribution in [2.45, 2.75) is 44.2 Å². The molecule has 0 N–H and O–H groups in total. The van der Waals surface area contributed by atoms with Crippen molar-refractivity contribution in [2.24, 2.45) is 0 Å². The first-order valence-electron chi connectivity index (χ1n) is 10.4. The molecule has 0 atom stereocenters. The summed E-state index contributed by atoms with van der Waals surface area (Å²) in [6.07, 6.45) is 5.87. The smallest absolute Gasteiger partial charge is 0.254 e. The molecule has 3 aromatic rings. The van der Waals surface area contributed by atoms with Gasteiger partial charge < -0.3 is 13.7 Å². The Morgan fingerprint density at radius 1 is 0.968 bits per heavy atom. The molecule has 7 nitrogen and oxygen atoms in total. The zero-order valence-electron chi connectivity index (χ0n) is 17.5. The van der Waals surface area contributed by atoms with Gasteiger partial charge in [0.15, 0.2) is 0 Å². The van der Waals surface area contributed by atoms with E-state index in [2.05, 4.69) is 0 Å². The monoisotopic (exact) mass is 442 g/mol. The van der Waals surface area contributed by atoms with Gasteiger partial charge in [-0.05, 0) is 61.7 Å². The highest BCUT2D eigenvalue weighted by molar-refractivity contribution is 7.89. The van der Waals surface area contributed by atoms with Crippen LogP contribution in [0.25, 0.3) is 0 Å². The third kappa shape index (κ3) is 4.75. The van der Waals surface area contributed by atoms with Crippen molar-refractivity contribution in [3.05, 3.63) is 77.6 Å². The fourth-order valence-corrected chi connectivity index (χ4v) is 5.59. The van der Waals surface area contributed by atoms with Crippen LogP contribution in [0.5, 0.6) is 0 Å². The summed E-state index contributed by atoms with van der Waals surface area (Å²) in [6, 6.07) is 12.0. The number of rotatable bonds is 7. The van der Waals surface area contributed by atoms with Gasteiger partial charge in [0.2, 0.25) is 10.0 Å². The summed E-state index contributed by atoms with van der Waals surface area (Å²) in [5.41, 5.74) is 0.949. The number of furan rings is 2. The molecule has 8 heteroatoms. The third-order valence-electron chi connectivity index (χ3n) is 5.51. The number of benzene rings is 1. The minimum absolute atomic E-state index is 0.191. The number of aryl methyl sites for hydroxylation is 1. The quantitative estimate of drug-likeness (QED) is 0.548. The number of carbonyl (C=O) groups excluding carboxylic acids is 1. The molecule has 0 spiro atoms. The van der Waals surface area contributed by atoms with Crippen molar-refractivity contribution in [3.63, 3.8) is 0 Å². The molecular formula is C23H26N2O5S. The summed E-state index contributed by atoms with van der Waals surface area (Å²) in [5, 5.41) is 0. The van der Waals surface area contributed by atoms with Crippen LogP contribution in [0.15, 0.2) is 68.7 Å². The third-order valence-corrected chi connectivity index (χ3v) is 7.55. The molecule has 1 amide bonds. The Bertz CT molecular complexity index is 1080. The van der Waals surface area contributed by atoms with E-state index in [9.17, 15) is 13.2 Å². The van der Waals surface area contributed by atoms with Gasteiger partial charge in [-0.15, -0.1) is 0 Å². The van der Waals surface area contributed by atoms with E-state index in [0.29, 0.717) is 35.7 Å². The molecule has 0 unspecified atom stereocenters. The van der Waals surface area contributed by atoms with E-state index in [0.717, 1.165) is 19.3 Å². The number of nitrogens with zero attached hydrogens (tertiary/aromatic N) is 2. The Morgan fingerprint density at radius 2 is 1.58 bits per heavy atom. The second-order valence-corrected chi connectivity index (χ2v) is 9.67. The van der Waals surface area contributed by atoms with Crippen LogP contribution in [-0.4, -0.2) is 36.6 Å². The molecule has 0 radical (unpaired) electrons. The van der Waals surface area contributed by atoms with E-state index in [1.165, 1.54) is 10.4 Å². The van der Waals surface area contributed by atoms with Crippen LogP contribution in [0.2, 0.25) is 0 Å². The second-order valence-electron chi connectivity index (χ2n) is 7.76. The molecule has 1 aliphatic heterocycles. The fraction of sp³-hybridized carbons (Fsp3) is 0.348. The number of carbonyl (C=O) groups is 1. The van der Waals surface area contributed by atoms with Crippen LogP contribution in [0.3, 0.4) is 0 Å². The summed E-state index contributed by atoms with van der Waals surface area (Å²) < 4.78 is 38.8. The average Bonchev–Trinajstić information content (AvgIpc) is 3.48. The number of piperidine rings is 1. The Hall–Kier alpha value is -2.84. The van der Waals surface area contributed by atoms with Crippen LogP contribution in [0, 0.1) is 6.92 Å². The summed E-state index contributed by atoms with van der Waals surface area (Å²) in [4.78, 5) is 15.2. The molecule has 0 saturated carbocycles. The Balaban J connectivity index is 1.64. The zero-order chi connectivity index (χ0) is 21.8.